The van der Waals surface area contributed by atoms with Crippen molar-refractivity contribution in [1.29, 1.82) is 0 Å². The molecule has 0 atom stereocenters. The van der Waals surface area contributed by atoms with Crippen molar-refractivity contribution in [2.45, 2.75) is 11.7 Å². The zero-order valence-electron chi connectivity index (χ0n) is 7.04. The fraction of sp³-hybridized carbons (Fsp3) is 0.250. The monoisotopic (exact) mass is 350 g/mol. The van der Waals surface area contributed by atoms with Crippen molar-refractivity contribution in [2.24, 2.45) is 0 Å². The zero-order chi connectivity index (χ0) is 11.6. The third-order valence-corrected chi connectivity index (χ3v) is 2.75. The average Bonchev–Trinajstić information content (AvgIpc) is 1.99. The van der Waals surface area contributed by atoms with E-state index in [1.54, 1.807) is 0 Å². The summed E-state index contributed by atoms with van der Waals surface area (Å²) in [7, 11) is 0. The molecule has 0 saturated heterocycles. The van der Waals surface area contributed by atoms with Crippen LogP contribution in [-0.4, -0.2) is 6.36 Å². The van der Waals surface area contributed by atoms with Crippen LogP contribution in [-0.2, 0) is 5.33 Å². The van der Waals surface area contributed by atoms with Gasteiger partial charge in [-0.1, -0.05) is 31.9 Å². The molecule has 1 aromatic rings. The Balaban J connectivity index is 3.04. The SMILES string of the molecule is Fc1cc(OC(F)(F)F)cc(Br)c1CBr. The van der Waals surface area contributed by atoms with Gasteiger partial charge in [-0.05, 0) is 6.07 Å². The van der Waals surface area contributed by atoms with Gasteiger partial charge < -0.3 is 4.74 Å². The Labute approximate surface area is 99.7 Å². The van der Waals surface area contributed by atoms with Gasteiger partial charge in [-0.3, -0.25) is 0 Å². The fourth-order valence-electron chi connectivity index (χ4n) is 0.900. The molecule has 0 saturated carbocycles. The van der Waals surface area contributed by atoms with Crippen LogP contribution in [0, 0.1) is 5.82 Å². The van der Waals surface area contributed by atoms with Crippen molar-refractivity contribution >= 4 is 31.9 Å². The van der Waals surface area contributed by atoms with Crippen LogP contribution < -0.4 is 4.74 Å². The second-order valence-electron chi connectivity index (χ2n) is 2.55. The van der Waals surface area contributed by atoms with Crippen LogP contribution in [0.4, 0.5) is 17.6 Å². The predicted octanol–water partition coefficient (Wildman–Crippen LogP) is 4.38. The standard InChI is InChI=1S/C8H4Br2F4O/c9-3-5-6(10)1-4(2-7(5)11)15-8(12,13)14/h1-2H,3H2. The first kappa shape index (κ1) is 12.8. The number of halogens is 6. The summed E-state index contributed by atoms with van der Waals surface area (Å²) in [4.78, 5) is 0. The molecule has 1 nitrogen and oxygen atoms in total. The molecule has 0 aliphatic heterocycles. The summed E-state index contributed by atoms with van der Waals surface area (Å²) in [5, 5.41) is 0.200. The highest BCUT2D eigenvalue weighted by Crippen LogP contribution is 2.30. The minimum absolute atomic E-state index is 0.200. The molecule has 0 N–H and O–H groups in total. The maximum atomic E-state index is 13.2. The maximum Gasteiger partial charge on any atom is 0.573 e. The minimum Gasteiger partial charge on any atom is -0.406 e. The molecule has 0 aliphatic rings. The van der Waals surface area contributed by atoms with Crippen LogP contribution in [0.3, 0.4) is 0 Å². The highest BCUT2D eigenvalue weighted by molar-refractivity contribution is 9.10. The smallest absolute Gasteiger partial charge is 0.406 e. The van der Waals surface area contributed by atoms with Crippen molar-refractivity contribution in [3.05, 3.63) is 28.0 Å². The van der Waals surface area contributed by atoms with Gasteiger partial charge in [0.15, 0.2) is 0 Å². The Kier molecular flexibility index (Phi) is 3.99. The van der Waals surface area contributed by atoms with Gasteiger partial charge >= 0.3 is 6.36 Å². The van der Waals surface area contributed by atoms with Crippen LogP contribution in [0.15, 0.2) is 16.6 Å². The molecule has 84 valence electrons. The molecule has 0 unspecified atom stereocenters. The van der Waals surface area contributed by atoms with Gasteiger partial charge in [0.05, 0.1) is 0 Å². The van der Waals surface area contributed by atoms with Crippen LogP contribution >= 0.6 is 31.9 Å². The van der Waals surface area contributed by atoms with Gasteiger partial charge in [0.25, 0.3) is 0 Å². The number of alkyl halides is 4. The minimum atomic E-state index is -4.82. The molecule has 0 aliphatic carbocycles. The van der Waals surface area contributed by atoms with E-state index in [0.717, 1.165) is 6.07 Å². The molecule has 15 heavy (non-hydrogen) atoms. The molecule has 7 heteroatoms. The van der Waals surface area contributed by atoms with E-state index in [-0.39, 0.29) is 15.4 Å². The molecule has 1 rings (SSSR count). The Bertz CT molecular complexity index is 341. The number of benzene rings is 1. The highest BCUT2D eigenvalue weighted by atomic mass is 79.9. The number of hydrogen-bond acceptors (Lipinski definition) is 1. The second kappa shape index (κ2) is 4.69. The van der Waals surface area contributed by atoms with E-state index in [1.165, 1.54) is 0 Å². The normalized spacial score (nSPS) is 11.6. The van der Waals surface area contributed by atoms with E-state index in [2.05, 4.69) is 36.6 Å². The topological polar surface area (TPSA) is 9.23 Å². The van der Waals surface area contributed by atoms with E-state index in [4.69, 9.17) is 0 Å². The highest BCUT2D eigenvalue weighted by Gasteiger charge is 2.31. The number of hydrogen-bond donors (Lipinski definition) is 0. The predicted molar refractivity (Wildman–Crippen MR) is 53.4 cm³/mol. The number of rotatable bonds is 2. The quantitative estimate of drug-likeness (QED) is 0.567. The van der Waals surface area contributed by atoms with Crippen LogP contribution in [0.5, 0.6) is 5.75 Å². The largest absolute Gasteiger partial charge is 0.573 e. The summed E-state index contributed by atoms with van der Waals surface area (Å²) >= 11 is 5.96. The van der Waals surface area contributed by atoms with E-state index in [0.29, 0.717) is 6.07 Å². The van der Waals surface area contributed by atoms with Crippen LogP contribution in [0.25, 0.3) is 0 Å². The first-order valence-electron chi connectivity index (χ1n) is 3.63. The summed E-state index contributed by atoms with van der Waals surface area (Å²) in [6.45, 7) is 0. The lowest BCUT2D eigenvalue weighted by molar-refractivity contribution is -0.274. The first-order chi connectivity index (χ1) is 6.83. The third kappa shape index (κ3) is 3.64. The maximum absolute atomic E-state index is 13.2. The van der Waals surface area contributed by atoms with Crippen molar-refractivity contribution in [3.8, 4) is 5.75 Å². The second-order valence-corrected chi connectivity index (χ2v) is 3.96. The van der Waals surface area contributed by atoms with Gasteiger partial charge in [0.1, 0.15) is 11.6 Å². The van der Waals surface area contributed by atoms with E-state index in [9.17, 15) is 17.6 Å². The van der Waals surface area contributed by atoms with Crippen LogP contribution in [0.2, 0.25) is 0 Å². The van der Waals surface area contributed by atoms with Crippen LogP contribution in [0.1, 0.15) is 5.56 Å². The summed E-state index contributed by atoms with van der Waals surface area (Å²) in [6.07, 6.45) is -4.82. The average molecular weight is 352 g/mol. The number of ether oxygens (including phenoxy) is 1. The third-order valence-electron chi connectivity index (χ3n) is 1.48. The Morgan fingerprint density at radius 2 is 1.87 bits per heavy atom. The summed E-state index contributed by atoms with van der Waals surface area (Å²) in [6, 6.07) is 1.75. The molecule has 1 aromatic carbocycles. The van der Waals surface area contributed by atoms with Crippen molar-refractivity contribution in [2.75, 3.05) is 0 Å². The van der Waals surface area contributed by atoms with Gasteiger partial charge in [-0.2, -0.15) is 0 Å². The summed E-state index contributed by atoms with van der Waals surface area (Å²) < 4.78 is 52.4. The summed E-state index contributed by atoms with van der Waals surface area (Å²) in [5.41, 5.74) is 0.240. The van der Waals surface area contributed by atoms with Gasteiger partial charge in [0, 0.05) is 21.4 Å². The van der Waals surface area contributed by atoms with Gasteiger partial charge in [0.2, 0.25) is 0 Å². The van der Waals surface area contributed by atoms with E-state index in [1.807, 2.05) is 0 Å². The molecule has 0 radical (unpaired) electrons. The molecule has 0 aromatic heterocycles. The molecular formula is C8H4Br2F4O. The molecule has 0 amide bonds. The van der Waals surface area contributed by atoms with E-state index >= 15 is 0 Å². The Morgan fingerprint density at radius 1 is 1.27 bits per heavy atom. The Hall–Kier alpha value is -0.300. The molecule has 0 heterocycles. The molecule has 0 spiro atoms. The summed E-state index contributed by atoms with van der Waals surface area (Å²) in [5.74, 6) is -1.35. The molecule has 0 bridgehead atoms. The van der Waals surface area contributed by atoms with Crippen molar-refractivity contribution in [1.82, 2.24) is 0 Å². The zero-order valence-corrected chi connectivity index (χ0v) is 10.2. The lowest BCUT2D eigenvalue weighted by Crippen LogP contribution is -2.17. The lowest BCUT2D eigenvalue weighted by atomic mass is 10.2. The van der Waals surface area contributed by atoms with Crippen molar-refractivity contribution in [3.63, 3.8) is 0 Å². The Morgan fingerprint density at radius 3 is 2.27 bits per heavy atom. The molecular weight excluding hydrogens is 348 g/mol. The fourth-order valence-corrected chi connectivity index (χ4v) is 2.40. The van der Waals surface area contributed by atoms with E-state index < -0.39 is 17.9 Å². The molecule has 0 fully saturated rings. The van der Waals surface area contributed by atoms with Gasteiger partial charge in [-0.25, -0.2) is 4.39 Å². The lowest BCUT2D eigenvalue weighted by Gasteiger charge is -2.10. The van der Waals surface area contributed by atoms with Gasteiger partial charge in [-0.15, -0.1) is 13.2 Å². The van der Waals surface area contributed by atoms with Crippen molar-refractivity contribution < 1.29 is 22.3 Å². The first-order valence-corrected chi connectivity index (χ1v) is 5.54.